The van der Waals surface area contributed by atoms with Crippen molar-refractivity contribution < 1.29 is 0 Å². The zero-order valence-electron chi connectivity index (χ0n) is 8.96. The minimum atomic E-state index is 0.651. The molecule has 0 spiro atoms. The van der Waals surface area contributed by atoms with Crippen molar-refractivity contribution in [3.05, 3.63) is 35.4 Å². The van der Waals surface area contributed by atoms with E-state index in [9.17, 15) is 0 Å². The van der Waals surface area contributed by atoms with E-state index >= 15 is 0 Å². The van der Waals surface area contributed by atoms with Gasteiger partial charge in [-0.25, -0.2) is 0 Å². The van der Waals surface area contributed by atoms with Crippen LogP contribution in [0.25, 0.3) is 0 Å². The summed E-state index contributed by atoms with van der Waals surface area (Å²) in [5.74, 6) is 0.651. The lowest BCUT2D eigenvalue weighted by Gasteiger charge is -2.01. The van der Waals surface area contributed by atoms with E-state index in [0.29, 0.717) is 5.84 Å². The maximum absolute atomic E-state index is 5.84. The number of benzene rings is 1. The number of nitrogens with two attached hydrogens (primary N) is 1. The molecule has 0 unspecified atom stereocenters. The highest BCUT2D eigenvalue weighted by Gasteiger charge is 1.96. The number of amidine groups is 1. The third-order valence-electron chi connectivity index (χ3n) is 2.14. The largest absolute Gasteiger partial charge is 0.384 e. The van der Waals surface area contributed by atoms with Crippen LogP contribution in [-0.4, -0.2) is 12.4 Å². The molecule has 0 atom stereocenters. The number of hydrogen-bond acceptors (Lipinski definition) is 1. The lowest BCUT2D eigenvalue weighted by Crippen LogP contribution is -2.13. The first-order valence-corrected chi connectivity index (χ1v) is 5.11. The highest BCUT2D eigenvalue weighted by Crippen LogP contribution is 2.02. The third-order valence-corrected chi connectivity index (χ3v) is 2.14. The summed E-state index contributed by atoms with van der Waals surface area (Å²) < 4.78 is 0. The van der Waals surface area contributed by atoms with Crippen LogP contribution in [0.2, 0.25) is 0 Å². The molecule has 0 fully saturated rings. The standard InChI is InChI=1S/C12H18N2/c1-3-4-9-14-12(13)11-7-5-10(2)6-8-11/h5-8H,3-4,9H2,1-2H3,(H2,13,14). The maximum Gasteiger partial charge on any atom is 0.125 e. The molecule has 0 aliphatic carbocycles. The molecule has 0 saturated heterocycles. The van der Waals surface area contributed by atoms with Crippen molar-refractivity contribution in [2.24, 2.45) is 10.7 Å². The quantitative estimate of drug-likeness (QED) is 0.442. The van der Waals surface area contributed by atoms with Gasteiger partial charge in [0.25, 0.3) is 0 Å². The number of aryl methyl sites for hydroxylation is 1. The van der Waals surface area contributed by atoms with Gasteiger partial charge < -0.3 is 5.73 Å². The molecular weight excluding hydrogens is 172 g/mol. The molecule has 0 heterocycles. The Balaban J connectivity index is 2.64. The average molecular weight is 190 g/mol. The summed E-state index contributed by atoms with van der Waals surface area (Å²) in [6.45, 7) is 5.04. The average Bonchev–Trinajstić information content (AvgIpc) is 2.19. The van der Waals surface area contributed by atoms with Crippen molar-refractivity contribution in [3.63, 3.8) is 0 Å². The summed E-state index contributed by atoms with van der Waals surface area (Å²) in [7, 11) is 0. The van der Waals surface area contributed by atoms with Gasteiger partial charge in [0.2, 0.25) is 0 Å². The van der Waals surface area contributed by atoms with Gasteiger partial charge in [-0.2, -0.15) is 0 Å². The lowest BCUT2D eigenvalue weighted by atomic mass is 10.1. The van der Waals surface area contributed by atoms with E-state index in [4.69, 9.17) is 5.73 Å². The molecule has 1 aromatic rings. The predicted molar refractivity (Wildman–Crippen MR) is 61.7 cm³/mol. The second-order valence-corrected chi connectivity index (χ2v) is 3.49. The second-order valence-electron chi connectivity index (χ2n) is 3.49. The Morgan fingerprint density at radius 1 is 1.29 bits per heavy atom. The molecule has 0 bridgehead atoms. The molecule has 0 aromatic heterocycles. The van der Waals surface area contributed by atoms with E-state index in [1.165, 1.54) is 5.56 Å². The van der Waals surface area contributed by atoms with Crippen LogP contribution in [-0.2, 0) is 0 Å². The summed E-state index contributed by atoms with van der Waals surface area (Å²) in [4.78, 5) is 4.31. The smallest absolute Gasteiger partial charge is 0.125 e. The molecular formula is C12H18N2. The molecule has 2 heteroatoms. The van der Waals surface area contributed by atoms with Crippen molar-refractivity contribution in [3.8, 4) is 0 Å². The van der Waals surface area contributed by atoms with Crippen LogP contribution >= 0.6 is 0 Å². The Labute approximate surface area is 85.9 Å². The Morgan fingerprint density at radius 3 is 2.50 bits per heavy atom. The summed E-state index contributed by atoms with van der Waals surface area (Å²) in [5, 5.41) is 0. The molecule has 1 aromatic carbocycles. The van der Waals surface area contributed by atoms with Gasteiger partial charge in [0.1, 0.15) is 5.84 Å². The second kappa shape index (κ2) is 5.43. The van der Waals surface area contributed by atoms with Crippen molar-refractivity contribution in [2.75, 3.05) is 6.54 Å². The fourth-order valence-corrected chi connectivity index (χ4v) is 1.17. The molecule has 0 radical (unpaired) electrons. The van der Waals surface area contributed by atoms with E-state index in [2.05, 4.69) is 31.0 Å². The van der Waals surface area contributed by atoms with E-state index < -0.39 is 0 Å². The number of nitrogens with zero attached hydrogens (tertiary/aromatic N) is 1. The van der Waals surface area contributed by atoms with Crippen molar-refractivity contribution >= 4 is 5.84 Å². The molecule has 14 heavy (non-hydrogen) atoms. The van der Waals surface area contributed by atoms with Gasteiger partial charge in [-0.15, -0.1) is 0 Å². The Morgan fingerprint density at radius 2 is 1.93 bits per heavy atom. The predicted octanol–water partition coefficient (Wildman–Crippen LogP) is 2.50. The Bertz CT molecular complexity index is 299. The van der Waals surface area contributed by atoms with Crippen molar-refractivity contribution in [1.82, 2.24) is 0 Å². The van der Waals surface area contributed by atoms with Crippen LogP contribution in [0.5, 0.6) is 0 Å². The maximum atomic E-state index is 5.84. The Hall–Kier alpha value is -1.31. The van der Waals surface area contributed by atoms with E-state index in [1.54, 1.807) is 0 Å². The zero-order chi connectivity index (χ0) is 10.4. The molecule has 0 amide bonds. The monoisotopic (exact) mass is 190 g/mol. The van der Waals surface area contributed by atoms with Gasteiger partial charge in [-0.05, 0) is 13.3 Å². The van der Waals surface area contributed by atoms with Crippen molar-refractivity contribution in [1.29, 1.82) is 0 Å². The van der Waals surface area contributed by atoms with E-state index in [-0.39, 0.29) is 0 Å². The number of unbranched alkanes of at least 4 members (excludes halogenated alkanes) is 1. The van der Waals surface area contributed by atoms with Crippen LogP contribution in [0.4, 0.5) is 0 Å². The lowest BCUT2D eigenvalue weighted by molar-refractivity contribution is 0.807. The van der Waals surface area contributed by atoms with Crippen LogP contribution < -0.4 is 5.73 Å². The van der Waals surface area contributed by atoms with Gasteiger partial charge in [-0.3, -0.25) is 4.99 Å². The van der Waals surface area contributed by atoms with Gasteiger partial charge >= 0.3 is 0 Å². The first-order chi connectivity index (χ1) is 6.74. The fraction of sp³-hybridized carbons (Fsp3) is 0.417. The van der Waals surface area contributed by atoms with Gasteiger partial charge in [0.15, 0.2) is 0 Å². The normalized spacial score (nSPS) is 11.7. The molecule has 1 rings (SSSR count). The minimum Gasteiger partial charge on any atom is -0.384 e. The molecule has 0 saturated carbocycles. The fourth-order valence-electron chi connectivity index (χ4n) is 1.17. The SMILES string of the molecule is CCCCN=C(N)c1ccc(C)cc1. The van der Waals surface area contributed by atoms with Gasteiger partial charge in [-0.1, -0.05) is 43.2 Å². The molecule has 0 aliphatic rings. The number of aliphatic imine (C=N–C) groups is 1. The third kappa shape index (κ3) is 3.21. The highest BCUT2D eigenvalue weighted by molar-refractivity contribution is 5.97. The number of hydrogen-bond donors (Lipinski definition) is 1. The van der Waals surface area contributed by atoms with Crippen LogP contribution in [0.1, 0.15) is 30.9 Å². The van der Waals surface area contributed by atoms with Crippen molar-refractivity contribution in [2.45, 2.75) is 26.7 Å². The van der Waals surface area contributed by atoms with E-state index in [0.717, 1.165) is 24.9 Å². The topological polar surface area (TPSA) is 38.4 Å². The van der Waals surface area contributed by atoms with Crippen LogP contribution in [0, 0.1) is 6.92 Å². The van der Waals surface area contributed by atoms with Crippen LogP contribution in [0.15, 0.2) is 29.3 Å². The van der Waals surface area contributed by atoms with Gasteiger partial charge in [0, 0.05) is 12.1 Å². The Kier molecular flexibility index (Phi) is 4.17. The number of rotatable bonds is 4. The molecule has 2 N–H and O–H groups in total. The summed E-state index contributed by atoms with van der Waals surface area (Å²) in [6.07, 6.45) is 2.26. The minimum absolute atomic E-state index is 0.651. The van der Waals surface area contributed by atoms with Gasteiger partial charge in [0.05, 0.1) is 0 Å². The molecule has 2 nitrogen and oxygen atoms in total. The highest BCUT2D eigenvalue weighted by atomic mass is 14.8. The summed E-state index contributed by atoms with van der Waals surface area (Å²) in [5.41, 5.74) is 8.10. The molecule has 0 aliphatic heterocycles. The first kappa shape index (κ1) is 10.8. The first-order valence-electron chi connectivity index (χ1n) is 5.11. The summed E-state index contributed by atoms with van der Waals surface area (Å²) in [6, 6.07) is 8.13. The zero-order valence-corrected chi connectivity index (χ0v) is 8.96. The molecule has 76 valence electrons. The van der Waals surface area contributed by atoms with E-state index in [1.807, 2.05) is 12.1 Å². The summed E-state index contributed by atoms with van der Waals surface area (Å²) >= 11 is 0. The van der Waals surface area contributed by atoms with Crippen LogP contribution in [0.3, 0.4) is 0 Å².